The number of carbonyl (C=O) groups excluding carboxylic acids is 5. The lowest BCUT2D eigenvalue weighted by molar-refractivity contribution is -0.309. The minimum Gasteiger partial charge on any atom is -0.744 e. The molecule has 0 aromatic heterocycles. The van der Waals surface area contributed by atoms with Crippen LogP contribution in [0.4, 0.5) is 13.2 Å². The molecule has 0 saturated carbocycles. The van der Waals surface area contributed by atoms with Crippen molar-refractivity contribution in [2.75, 3.05) is 26.4 Å². The van der Waals surface area contributed by atoms with E-state index in [0.29, 0.717) is 12.1 Å². The van der Waals surface area contributed by atoms with Crippen LogP contribution in [0, 0.1) is 0 Å². The summed E-state index contributed by atoms with van der Waals surface area (Å²) < 4.78 is 116. The highest BCUT2D eigenvalue weighted by atomic mass is 79.9. The first-order chi connectivity index (χ1) is 21.2. The van der Waals surface area contributed by atoms with Gasteiger partial charge in [-0.1, -0.05) is 15.9 Å². The predicted octanol–water partition coefficient (Wildman–Crippen LogP) is 1.39. The van der Waals surface area contributed by atoms with Crippen molar-refractivity contribution in [3.8, 4) is 5.75 Å². The standard InChI is InChI=1S/C25H28BrF3O16S/c1-11(30)40-9-17-21(41-12(2)31)22(42-13(3)32)23(43-14(4)33)24(44-17)39-6-5-38-10-19(34)45-20-16(25(27,28)29)7-15(26)8-18(20)46(35,36)37/h7-8,17,21-24H,5-6,9-10H2,1-4H3,(H,35,36,37)/p-1/t17-,21-,22+,23-,24-/m1/s1. The van der Waals surface area contributed by atoms with Crippen molar-refractivity contribution in [2.24, 2.45) is 0 Å². The Hall–Kier alpha value is -3.37. The number of halogens is 4. The maximum atomic E-state index is 13.5. The Morgan fingerprint density at radius 3 is 1.98 bits per heavy atom. The van der Waals surface area contributed by atoms with E-state index in [0.717, 1.165) is 27.7 Å². The fourth-order valence-corrected chi connectivity index (χ4v) is 5.17. The second-order valence-electron chi connectivity index (χ2n) is 9.20. The Morgan fingerprint density at radius 2 is 1.46 bits per heavy atom. The molecule has 1 saturated heterocycles. The molecule has 0 bridgehead atoms. The van der Waals surface area contributed by atoms with Gasteiger partial charge in [-0.3, -0.25) is 19.2 Å². The number of rotatable bonds is 13. The molecule has 0 spiro atoms. The van der Waals surface area contributed by atoms with E-state index in [2.05, 4.69) is 20.7 Å². The molecule has 46 heavy (non-hydrogen) atoms. The molecule has 16 nitrogen and oxygen atoms in total. The first kappa shape index (κ1) is 38.8. The largest absolute Gasteiger partial charge is 0.744 e. The van der Waals surface area contributed by atoms with Gasteiger partial charge in [0.2, 0.25) is 0 Å². The number of ether oxygens (including phenoxy) is 8. The topological polar surface area (TPSA) is 216 Å². The quantitative estimate of drug-likeness (QED) is 0.0915. The summed E-state index contributed by atoms with van der Waals surface area (Å²) in [5.41, 5.74) is -1.73. The van der Waals surface area contributed by atoms with E-state index >= 15 is 0 Å². The molecule has 1 aromatic rings. The van der Waals surface area contributed by atoms with Gasteiger partial charge in [0.25, 0.3) is 0 Å². The number of hydrogen-bond donors (Lipinski definition) is 0. The van der Waals surface area contributed by atoms with Crippen LogP contribution in [0.2, 0.25) is 0 Å². The monoisotopic (exact) mass is 751 g/mol. The van der Waals surface area contributed by atoms with Crippen molar-refractivity contribution >= 4 is 55.9 Å². The summed E-state index contributed by atoms with van der Waals surface area (Å²) in [5.74, 6) is -6.47. The average Bonchev–Trinajstić information content (AvgIpc) is 2.89. The van der Waals surface area contributed by atoms with E-state index in [9.17, 15) is 50.1 Å². The van der Waals surface area contributed by atoms with Crippen LogP contribution in [-0.2, 0) is 73.4 Å². The highest BCUT2D eigenvalue weighted by Gasteiger charge is 2.52. The lowest BCUT2D eigenvalue weighted by atomic mass is 9.98. The molecule has 1 fully saturated rings. The van der Waals surface area contributed by atoms with Crippen LogP contribution in [0.25, 0.3) is 0 Å². The number of alkyl halides is 3. The number of carbonyl (C=O) groups is 5. The maximum Gasteiger partial charge on any atom is 0.420 e. The molecule has 0 N–H and O–H groups in total. The minimum atomic E-state index is -5.53. The van der Waals surface area contributed by atoms with Crippen LogP contribution < -0.4 is 4.74 Å². The molecule has 0 unspecified atom stereocenters. The van der Waals surface area contributed by atoms with E-state index in [1.165, 1.54) is 0 Å². The zero-order valence-electron chi connectivity index (χ0n) is 24.3. The third kappa shape index (κ3) is 11.8. The van der Waals surface area contributed by atoms with E-state index in [-0.39, 0.29) is 0 Å². The Kier molecular flexibility index (Phi) is 13.9. The van der Waals surface area contributed by atoms with Gasteiger partial charge in [-0.25, -0.2) is 13.2 Å². The Bertz CT molecular complexity index is 1420. The second-order valence-corrected chi connectivity index (χ2v) is 11.5. The van der Waals surface area contributed by atoms with Gasteiger partial charge >= 0.3 is 36.0 Å². The van der Waals surface area contributed by atoms with Gasteiger partial charge in [-0.2, -0.15) is 13.2 Å². The van der Waals surface area contributed by atoms with Crippen molar-refractivity contribution in [1.82, 2.24) is 0 Å². The van der Waals surface area contributed by atoms with Gasteiger partial charge in [0.1, 0.15) is 35.0 Å². The molecule has 21 heteroatoms. The molecular formula is C25H27BrF3O16S-. The van der Waals surface area contributed by atoms with Gasteiger partial charge in [-0.15, -0.1) is 0 Å². The molecule has 1 heterocycles. The highest BCUT2D eigenvalue weighted by Crippen LogP contribution is 2.42. The summed E-state index contributed by atoms with van der Waals surface area (Å²) in [6.07, 6.45) is -12.7. The van der Waals surface area contributed by atoms with E-state index in [1.807, 2.05) is 0 Å². The molecule has 258 valence electrons. The SMILES string of the molecule is CC(=O)OC[C@H]1O[C@@H](OCCOCC(=O)Oc2c(C(F)(F)F)cc(Br)cc2S(=O)(=O)[O-])[C@H](OC(C)=O)[C@@H](OC(C)=O)[C@@H]1OC(C)=O. The molecule has 0 radical (unpaired) electrons. The smallest absolute Gasteiger partial charge is 0.420 e. The zero-order chi connectivity index (χ0) is 35.0. The van der Waals surface area contributed by atoms with Crippen molar-refractivity contribution in [2.45, 2.75) is 69.5 Å². The number of esters is 5. The van der Waals surface area contributed by atoms with E-state index in [1.54, 1.807) is 0 Å². The Labute approximate surface area is 267 Å². The zero-order valence-corrected chi connectivity index (χ0v) is 26.7. The van der Waals surface area contributed by atoms with E-state index < -0.39 is 124 Å². The van der Waals surface area contributed by atoms with Gasteiger partial charge in [0, 0.05) is 32.2 Å². The Morgan fingerprint density at radius 1 is 0.891 bits per heavy atom. The lowest BCUT2D eigenvalue weighted by Crippen LogP contribution is -2.63. The predicted molar refractivity (Wildman–Crippen MR) is 141 cm³/mol. The third-order valence-electron chi connectivity index (χ3n) is 5.49. The molecule has 2 rings (SSSR count). The molecular weight excluding hydrogens is 725 g/mol. The highest BCUT2D eigenvalue weighted by molar-refractivity contribution is 9.10. The average molecular weight is 752 g/mol. The van der Waals surface area contributed by atoms with Gasteiger partial charge in [-0.05, 0) is 12.1 Å². The summed E-state index contributed by atoms with van der Waals surface area (Å²) in [6.45, 7) is 1.52. The molecule has 1 aromatic carbocycles. The van der Waals surface area contributed by atoms with Crippen LogP contribution in [0.1, 0.15) is 33.3 Å². The van der Waals surface area contributed by atoms with Crippen LogP contribution in [-0.4, -0.2) is 100.0 Å². The van der Waals surface area contributed by atoms with Crippen molar-refractivity contribution in [3.63, 3.8) is 0 Å². The summed E-state index contributed by atoms with van der Waals surface area (Å²) >= 11 is 2.67. The number of hydrogen-bond acceptors (Lipinski definition) is 16. The van der Waals surface area contributed by atoms with Crippen LogP contribution in [0.15, 0.2) is 21.5 Å². The second kappa shape index (κ2) is 16.5. The minimum absolute atomic E-state index is 0.402. The van der Waals surface area contributed by atoms with Crippen molar-refractivity contribution < 1.29 is 88.0 Å². The molecule has 1 aliphatic rings. The summed E-state index contributed by atoms with van der Waals surface area (Å²) in [7, 11) is -5.53. The molecule has 0 aliphatic carbocycles. The fraction of sp³-hybridized carbons (Fsp3) is 0.560. The lowest BCUT2D eigenvalue weighted by Gasteiger charge is -2.44. The third-order valence-corrected chi connectivity index (χ3v) is 6.79. The normalized spacial score (nSPS) is 21.5. The van der Waals surface area contributed by atoms with E-state index in [4.69, 9.17) is 33.2 Å². The summed E-state index contributed by atoms with van der Waals surface area (Å²) in [4.78, 5) is 57.7. The number of benzene rings is 1. The van der Waals surface area contributed by atoms with Gasteiger partial charge in [0.05, 0.1) is 18.1 Å². The molecule has 1 aliphatic heterocycles. The van der Waals surface area contributed by atoms with Crippen molar-refractivity contribution in [3.05, 3.63) is 22.2 Å². The first-order valence-corrected chi connectivity index (χ1v) is 15.0. The van der Waals surface area contributed by atoms with Gasteiger partial charge < -0.3 is 42.4 Å². The molecule has 5 atom stereocenters. The van der Waals surface area contributed by atoms with Crippen LogP contribution in [0.3, 0.4) is 0 Å². The fourth-order valence-electron chi connectivity index (χ4n) is 3.92. The van der Waals surface area contributed by atoms with Crippen LogP contribution >= 0.6 is 15.9 Å². The molecule has 0 amide bonds. The van der Waals surface area contributed by atoms with Crippen LogP contribution in [0.5, 0.6) is 5.75 Å². The summed E-state index contributed by atoms with van der Waals surface area (Å²) in [6, 6.07) is 0.932. The summed E-state index contributed by atoms with van der Waals surface area (Å²) in [5, 5.41) is 0. The Balaban J connectivity index is 2.18. The van der Waals surface area contributed by atoms with Crippen molar-refractivity contribution in [1.29, 1.82) is 0 Å². The van der Waals surface area contributed by atoms with Gasteiger partial charge in [0.15, 0.2) is 30.4 Å². The first-order valence-electron chi connectivity index (χ1n) is 12.8. The maximum absolute atomic E-state index is 13.5.